The molecule has 1 unspecified atom stereocenters. The van der Waals surface area contributed by atoms with Crippen molar-refractivity contribution in [1.29, 1.82) is 0 Å². The number of likely N-dealkylation sites (tertiary alicyclic amines) is 1. The lowest BCUT2D eigenvalue weighted by Gasteiger charge is -2.41. The molecule has 0 aromatic rings. The van der Waals surface area contributed by atoms with Crippen molar-refractivity contribution >= 4 is 0 Å². The molecule has 120 valence electrons. The van der Waals surface area contributed by atoms with Crippen molar-refractivity contribution in [3.63, 3.8) is 0 Å². The van der Waals surface area contributed by atoms with Crippen LogP contribution in [-0.2, 0) is 0 Å². The normalized spacial score (nSPS) is 21.0. The van der Waals surface area contributed by atoms with Crippen molar-refractivity contribution in [2.45, 2.75) is 85.1 Å². The van der Waals surface area contributed by atoms with Crippen LogP contribution in [0.3, 0.4) is 0 Å². The van der Waals surface area contributed by atoms with Gasteiger partial charge in [-0.2, -0.15) is 0 Å². The molecule has 1 fully saturated rings. The van der Waals surface area contributed by atoms with Crippen LogP contribution in [0.1, 0.15) is 79.1 Å². The largest absolute Gasteiger partial charge is 0.314 e. The van der Waals surface area contributed by atoms with Crippen molar-refractivity contribution in [3.8, 4) is 0 Å². The first-order valence-electron chi connectivity index (χ1n) is 9.15. The molecule has 0 amide bonds. The highest BCUT2D eigenvalue weighted by Crippen LogP contribution is 2.37. The Morgan fingerprint density at radius 2 is 1.70 bits per heavy atom. The summed E-state index contributed by atoms with van der Waals surface area (Å²) in [5.74, 6) is 0. The van der Waals surface area contributed by atoms with Gasteiger partial charge in [-0.15, -0.1) is 0 Å². The summed E-state index contributed by atoms with van der Waals surface area (Å²) in [4.78, 5) is 2.70. The minimum atomic E-state index is 0.672. The fourth-order valence-electron chi connectivity index (χ4n) is 3.57. The second-order valence-corrected chi connectivity index (χ2v) is 6.75. The zero-order valence-corrected chi connectivity index (χ0v) is 14.5. The van der Waals surface area contributed by atoms with E-state index in [1.54, 1.807) is 0 Å². The molecular weight excluding hydrogens is 244 g/mol. The Morgan fingerprint density at radius 1 is 1.05 bits per heavy atom. The van der Waals surface area contributed by atoms with Gasteiger partial charge in [-0.05, 0) is 70.1 Å². The highest BCUT2D eigenvalue weighted by atomic mass is 15.1. The Morgan fingerprint density at radius 3 is 2.20 bits per heavy atom. The van der Waals surface area contributed by atoms with Gasteiger partial charge in [0, 0.05) is 6.04 Å². The van der Waals surface area contributed by atoms with Gasteiger partial charge in [-0.3, -0.25) is 0 Å². The molecule has 2 nitrogen and oxygen atoms in total. The molecule has 0 aromatic carbocycles. The molecule has 0 radical (unpaired) electrons. The molecule has 0 saturated carbocycles. The van der Waals surface area contributed by atoms with E-state index in [1.807, 2.05) is 0 Å². The Hall–Kier alpha value is -0.0800. The zero-order chi connectivity index (χ0) is 14.8. The zero-order valence-electron chi connectivity index (χ0n) is 14.5. The summed E-state index contributed by atoms with van der Waals surface area (Å²) in [6.45, 7) is 14.5. The summed E-state index contributed by atoms with van der Waals surface area (Å²) in [6.07, 6.45) is 10.8. The van der Waals surface area contributed by atoms with Gasteiger partial charge in [-0.1, -0.05) is 40.5 Å². The second-order valence-electron chi connectivity index (χ2n) is 6.75. The lowest BCUT2D eigenvalue weighted by Crippen LogP contribution is -2.40. The number of piperidine rings is 1. The van der Waals surface area contributed by atoms with E-state index in [1.165, 1.54) is 77.5 Å². The standard InChI is InChI=1S/C18H38N2/c1-5-13-19-17(6-2)10-9-14-20-15-11-18(7-3,8-4)12-16-20/h17,19H,5-16H2,1-4H3. The first kappa shape index (κ1) is 18.0. The van der Waals surface area contributed by atoms with Crippen LogP contribution < -0.4 is 5.32 Å². The predicted molar refractivity (Wildman–Crippen MR) is 90.3 cm³/mol. The molecule has 0 aliphatic carbocycles. The van der Waals surface area contributed by atoms with E-state index in [9.17, 15) is 0 Å². The van der Waals surface area contributed by atoms with E-state index in [0.717, 1.165) is 6.04 Å². The minimum Gasteiger partial charge on any atom is -0.314 e. The van der Waals surface area contributed by atoms with Gasteiger partial charge >= 0.3 is 0 Å². The molecule has 0 bridgehead atoms. The maximum absolute atomic E-state index is 3.67. The van der Waals surface area contributed by atoms with Crippen molar-refractivity contribution in [3.05, 3.63) is 0 Å². The van der Waals surface area contributed by atoms with E-state index >= 15 is 0 Å². The van der Waals surface area contributed by atoms with Gasteiger partial charge in [0.1, 0.15) is 0 Å². The molecular formula is C18H38N2. The molecule has 1 saturated heterocycles. The van der Waals surface area contributed by atoms with Crippen LogP contribution in [0.4, 0.5) is 0 Å². The summed E-state index contributed by atoms with van der Waals surface area (Å²) in [7, 11) is 0. The van der Waals surface area contributed by atoms with Crippen LogP contribution in [0.2, 0.25) is 0 Å². The first-order chi connectivity index (χ1) is 9.69. The molecule has 20 heavy (non-hydrogen) atoms. The molecule has 1 N–H and O–H groups in total. The summed E-state index contributed by atoms with van der Waals surface area (Å²) < 4.78 is 0. The summed E-state index contributed by atoms with van der Waals surface area (Å²) in [6, 6.07) is 0.741. The average molecular weight is 283 g/mol. The van der Waals surface area contributed by atoms with Crippen molar-refractivity contribution < 1.29 is 0 Å². The number of rotatable bonds is 10. The summed E-state index contributed by atoms with van der Waals surface area (Å²) in [5.41, 5.74) is 0.672. The highest BCUT2D eigenvalue weighted by molar-refractivity contribution is 4.84. The van der Waals surface area contributed by atoms with Gasteiger partial charge in [0.15, 0.2) is 0 Å². The number of nitrogens with one attached hydrogen (secondary N) is 1. The van der Waals surface area contributed by atoms with Gasteiger partial charge in [0.05, 0.1) is 0 Å². The fourth-order valence-corrected chi connectivity index (χ4v) is 3.57. The summed E-state index contributed by atoms with van der Waals surface area (Å²) >= 11 is 0. The topological polar surface area (TPSA) is 15.3 Å². The number of nitrogens with zero attached hydrogens (tertiary/aromatic N) is 1. The lowest BCUT2D eigenvalue weighted by atomic mass is 9.74. The van der Waals surface area contributed by atoms with E-state index < -0.39 is 0 Å². The van der Waals surface area contributed by atoms with Gasteiger partial charge in [0.25, 0.3) is 0 Å². The monoisotopic (exact) mass is 282 g/mol. The van der Waals surface area contributed by atoms with E-state index in [2.05, 4.69) is 37.9 Å². The third-order valence-electron chi connectivity index (χ3n) is 5.62. The highest BCUT2D eigenvalue weighted by Gasteiger charge is 2.30. The van der Waals surface area contributed by atoms with E-state index in [-0.39, 0.29) is 0 Å². The Balaban J connectivity index is 2.17. The van der Waals surface area contributed by atoms with Gasteiger partial charge < -0.3 is 10.2 Å². The van der Waals surface area contributed by atoms with Crippen LogP contribution in [0, 0.1) is 5.41 Å². The number of hydrogen-bond donors (Lipinski definition) is 1. The van der Waals surface area contributed by atoms with Crippen LogP contribution in [0.25, 0.3) is 0 Å². The molecule has 1 heterocycles. The predicted octanol–water partition coefficient (Wildman–Crippen LogP) is 4.45. The molecule has 1 aliphatic heterocycles. The van der Waals surface area contributed by atoms with Crippen molar-refractivity contribution in [2.75, 3.05) is 26.2 Å². The molecule has 0 spiro atoms. The number of hydrogen-bond acceptors (Lipinski definition) is 2. The SMILES string of the molecule is CCCNC(CC)CCCN1CCC(CC)(CC)CC1. The second kappa shape index (κ2) is 9.78. The first-order valence-corrected chi connectivity index (χ1v) is 9.15. The average Bonchev–Trinajstić information content (AvgIpc) is 2.51. The smallest absolute Gasteiger partial charge is 0.00649 e. The molecule has 1 atom stereocenters. The van der Waals surface area contributed by atoms with Crippen LogP contribution in [-0.4, -0.2) is 37.1 Å². The molecule has 2 heteroatoms. The third-order valence-corrected chi connectivity index (χ3v) is 5.62. The van der Waals surface area contributed by atoms with Crippen molar-refractivity contribution in [2.24, 2.45) is 5.41 Å². The lowest BCUT2D eigenvalue weighted by molar-refractivity contribution is 0.0937. The van der Waals surface area contributed by atoms with Crippen LogP contribution in [0.15, 0.2) is 0 Å². The maximum atomic E-state index is 3.67. The van der Waals surface area contributed by atoms with Crippen molar-refractivity contribution in [1.82, 2.24) is 10.2 Å². The molecule has 0 aromatic heterocycles. The maximum Gasteiger partial charge on any atom is 0.00649 e. The van der Waals surface area contributed by atoms with Gasteiger partial charge in [-0.25, -0.2) is 0 Å². The quantitative estimate of drug-likeness (QED) is 0.637. The van der Waals surface area contributed by atoms with E-state index in [4.69, 9.17) is 0 Å². The Bertz CT molecular complexity index is 226. The molecule has 1 aliphatic rings. The third kappa shape index (κ3) is 5.73. The molecule has 1 rings (SSSR count). The summed E-state index contributed by atoms with van der Waals surface area (Å²) in [5, 5.41) is 3.67. The van der Waals surface area contributed by atoms with Gasteiger partial charge in [0.2, 0.25) is 0 Å². The fraction of sp³-hybridized carbons (Fsp3) is 1.00. The van der Waals surface area contributed by atoms with Crippen LogP contribution >= 0.6 is 0 Å². The Labute approximate surface area is 127 Å². The van der Waals surface area contributed by atoms with Crippen LogP contribution in [0.5, 0.6) is 0 Å². The Kier molecular flexibility index (Phi) is 8.79. The minimum absolute atomic E-state index is 0.672. The van der Waals surface area contributed by atoms with E-state index in [0.29, 0.717) is 5.41 Å².